The number of thiazole rings is 1. The number of ether oxygens (including phenoxy) is 2. The summed E-state index contributed by atoms with van der Waals surface area (Å²) >= 11 is 1.75. The molecule has 1 aromatic carbocycles. The van der Waals surface area contributed by atoms with Gasteiger partial charge in [0, 0.05) is 63.8 Å². The molecule has 3 heterocycles. The van der Waals surface area contributed by atoms with E-state index >= 15 is 0 Å². The molecule has 0 bridgehead atoms. The highest BCUT2D eigenvalue weighted by Crippen LogP contribution is 2.32. The molecule has 1 fully saturated rings. The van der Waals surface area contributed by atoms with Crippen molar-refractivity contribution in [2.24, 2.45) is 4.99 Å². The number of aryl methyl sites for hydroxylation is 2. The van der Waals surface area contributed by atoms with Gasteiger partial charge in [0.05, 0.1) is 5.01 Å². The predicted octanol–water partition coefficient (Wildman–Crippen LogP) is 2.51. The van der Waals surface area contributed by atoms with Crippen LogP contribution in [0.25, 0.3) is 0 Å². The van der Waals surface area contributed by atoms with E-state index in [1.54, 1.807) is 11.3 Å². The first kappa shape index (κ1) is 20.0. The first-order chi connectivity index (χ1) is 14.2. The van der Waals surface area contributed by atoms with Gasteiger partial charge in [0.25, 0.3) is 0 Å². The number of hydrogen-bond acceptors (Lipinski definition) is 6. The molecule has 1 aromatic heterocycles. The van der Waals surface area contributed by atoms with Crippen LogP contribution in [0.3, 0.4) is 0 Å². The molecule has 156 valence electrons. The van der Waals surface area contributed by atoms with Crippen LogP contribution in [0.5, 0.6) is 11.5 Å². The molecule has 7 nitrogen and oxygen atoms in total. The van der Waals surface area contributed by atoms with Gasteiger partial charge in [0.1, 0.15) is 0 Å². The smallest absolute Gasteiger partial charge is 0.231 e. The molecule has 0 saturated carbocycles. The molecule has 0 radical (unpaired) electrons. The van der Waals surface area contributed by atoms with Gasteiger partial charge in [-0.15, -0.1) is 11.3 Å². The Bertz CT molecular complexity index is 845. The Morgan fingerprint density at radius 1 is 1.21 bits per heavy atom. The van der Waals surface area contributed by atoms with E-state index in [0.717, 1.165) is 75.3 Å². The van der Waals surface area contributed by atoms with Crippen LogP contribution in [0.1, 0.15) is 22.7 Å². The van der Waals surface area contributed by atoms with Gasteiger partial charge >= 0.3 is 0 Å². The van der Waals surface area contributed by atoms with E-state index in [4.69, 9.17) is 9.47 Å². The average molecular weight is 416 g/mol. The van der Waals surface area contributed by atoms with Crippen molar-refractivity contribution in [3.63, 3.8) is 0 Å². The van der Waals surface area contributed by atoms with E-state index in [9.17, 15) is 0 Å². The van der Waals surface area contributed by atoms with Crippen LogP contribution in [0.4, 0.5) is 0 Å². The molecule has 29 heavy (non-hydrogen) atoms. The highest BCUT2D eigenvalue weighted by Gasteiger charge is 2.20. The van der Waals surface area contributed by atoms with Crippen LogP contribution in [0.2, 0.25) is 0 Å². The number of benzene rings is 1. The number of nitrogens with one attached hydrogen (secondary N) is 1. The van der Waals surface area contributed by atoms with Gasteiger partial charge < -0.3 is 19.7 Å². The van der Waals surface area contributed by atoms with E-state index in [1.165, 1.54) is 10.6 Å². The zero-order valence-electron chi connectivity index (χ0n) is 17.2. The Hall–Kier alpha value is -2.32. The molecule has 8 heteroatoms. The normalized spacial score (nSPS) is 17.0. The maximum atomic E-state index is 5.49. The Morgan fingerprint density at radius 3 is 2.79 bits per heavy atom. The average Bonchev–Trinajstić information content (AvgIpc) is 3.37. The summed E-state index contributed by atoms with van der Waals surface area (Å²) in [5.74, 6) is 2.71. The van der Waals surface area contributed by atoms with Gasteiger partial charge in [-0.25, -0.2) is 4.98 Å². The molecule has 2 aliphatic rings. The van der Waals surface area contributed by atoms with Gasteiger partial charge in [-0.2, -0.15) is 0 Å². The Kier molecular flexibility index (Phi) is 6.51. The van der Waals surface area contributed by atoms with Crippen molar-refractivity contribution in [1.29, 1.82) is 0 Å². The number of piperazine rings is 1. The number of aromatic nitrogens is 1. The van der Waals surface area contributed by atoms with E-state index in [1.807, 2.05) is 20.0 Å². The van der Waals surface area contributed by atoms with E-state index in [2.05, 4.69) is 42.6 Å². The van der Waals surface area contributed by atoms with Crippen molar-refractivity contribution >= 4 is 17.3 Å². The molecular formula is C21H29N5O2S. The molecule has 1 N–H and O–H groups in total. The molecule has 0 amide bonds. The third kappa shape index (κ3) is 5.19. The van der Waals surface area contributed by atoms with Gasteiger partial charge in [-0.3, -0.25) is 9.89 Å². The molecule has 2 aliphatic heterocycles. The van der Waals surface area contributed by atoms with E-state index in [0.29, 0.717) is 6.79 Å². The molecule has 0 unspecified atom stereocenters. The van der Waals surface area contributed by atoms with Crippen LogP contribution in [0, 0.1) is 6.92 Å². The fourth-order valence-corrected chi connectivity index (χ4v) is 4.52. The fraction of sp³-hybridized carbons (Fsp3) is 0.524. The summed E-state index contributed by atoms with van der Waals surface area (Å²) in [7, 11) is 1.87. The van der Waals surface area contributed by atoms with Crippen molar-refractivity contribution in [3.8, 4) is 11.5 Å². The summed E-state index contributed by atoms with van der Waals surface area (Å²) in [5.41, 5.74) is 2.38. The standard InChI is InChI=1S/C21H29N5O2S/c1-16-14-29-20(24-16)4-3-7-23-21(22-2)26-10-8-25(9-11-26)13-17-5-6-18-19(12-17)28-15-27-18/h5-6,12,14H,3-4,7-11,13,15H2,1-2H3,(H,22,23). The minimum absolute atomic E-state index is 0.326. The van der Waals surface area contributed by atoms with Gasteiger partial charge in [0.15, 0.2) is 17.5 Å². The molecule has 1 saturated heterocycles. The van der Waals surface area contributed by atoms with Crippen LogP contribution in [-0.4, -0.2) is 67.3 Å². The zero-order chi connectivity index (χ0) is 20.1. The Balaban J connectivity index is 1.19. The summed E-state index contributed by atoms with van der Waals surface area (Å²) in [6.45, 7) is 8.23. The Morgan fingerprint density at radius 2 is 2.03 bits per heavy atom. The third-order valence-electron chi connectivity index (χ3n) is 5.24. The second-order valence-electron chi connectivity index (χ2n) is 7.41. The molecular weight excluding hydrogens is 386 g/mol. The number of aliphatic imine (C=N–C) groups is 1. The van der Waals surface area contributed by atoms with Crippen LogP contribution < -0.4 is 14.8 Å². The molecule has 0 spiro atoms. The van der Waals surface area contributed by atoms with Crippen molar-refractivity contribution < 1.29 is 9.47 Å². The van der Waals surface area contributed by atoms with Crippen molar-refractivity contribution in [2.45, 2.75) is 26.3 Å². The quantitative estimate of drug-likeness (QED) is 0.444. The molecule has 4 rings (SSSR count). The minimum Gasteiger partial charge on any atom is -0.454 e. The molecule has 0 atom stereocenters. The van der Waals surface area contributed by atoms with Crippen LogP contribution in [-0.2, 0) is 13.0 Å². The highest BCUT2D eigenvalue weighted by molar-refractivity contribution is 7.09. The maximum Gasteiger partial charge on any atom is 0.231 e. The van der Waals surface area contributed by atoms with Crippen molar-refractivity contribution in [1.82, 2.24) is 20.1 Å². The lowest BCUT2D eigenvalue weighted by atomic mass is 10.1. The lowest BCUT2D eigenvalue weighted by molar-refractivity contribution is 0.171. The topological polar surface area (TPSA) is 62.2 Å². The zero-order valence-corrected chi connectivity index (χ0v) is 18.0. The summed E-state index contributed by atoms with van der Waals surface area (Å²) < 4.78 is 10.9. The first-order valence-corrected chi connectivity index (χ1v) is 11.1. The largest absolute Gasteiger partial charge is 0.454 e. The second kappa shape index (κ2) is 9.45. The second-order valence-corrected chi connectivity index (χ2v) is 8.35. The highest BCUT2D eigenvalue weighted by atomic mass is 32.1. The lowest BCUT2D eigenvalue weighted by Crippen LogP contribution is -2.52. The number of rotatable bonds is 6. The fourth-order valence-electron chi connectivity index (χ4n) is 3.70. The number of fused-ring (bicyclic) bond motifs is 1. The molecule has 0 aliphatic carbocycles. The van der Waals surface area contributed by atoms with Crippen LogP contribution in [0.15, 0.2) is 28.6 Å². The first-order valence-electron chi connectivity index (χ1n) is 10.2. The maximum absolute atomic E-state index is 5.49. The SMILES string of the molecule is CN=C(NCCCc1nc(C)cs1)N1CCN(Cc2ccc3c(c2)OCO3)CC1. The number of hydrogen-bond donors (Lipinski definition) is 1. The van der Waals surface area contributed by atoms with E-state index < -0.39 is 0 Å². The predicted molar refractivity (Wildman–Crippen MR) is 116 cm³/mol. The van der Waals surface area contributed by atoms with Gasteiger partial charge in [0.2, 0.25) is 6.79 Å². The van der Waals surface area contributed by atoms with Crippen molar-refractivity contribution in [2.75, 3.05) is 46.6 Å². The monoisotopic (exact) mass is 415 g/mol. The number of guanidine groups is 1. The molecule has 2 aromatic rings. The minimum atomic E-state index is 0.326. The van der Waals surface area contributed by atoms with E-state index in [-0.39, 0.29) is 0 Å². The third-order valence-corrected chi connectivity index (χ3v) is 6.27. The summed E-state index contributed by atoms with van der Waals surface area (Å²) in [6, 6.07) is 6.23. The lowest BCUT2D eigenvalue weighted by Gasteiger charge is -2.36. The van der Waals surface area contributed by atoms with Gasteiger partial charge in [-0.05, 0) is 31.0 Å². The summed E-state index contributed by atoms with van der Waals surface area (Å²) in [6.07, 6.45) is 2.09. The number of nitrogens with zero attached hydrogens (tertiary/aromatic N) is 4. The summed E-state index contributed by atoms with van der Waals surface area (Å²) in [4.78, 5) is 13.8. The van der Waals surface area contributed by atoms with Crippen LogP contribution >= 0.6 is 11.3 Å². The summed E-state index contributed by atoms with van der Waals surface area (Å²) in [5, 5.41) is 6.85. The Labute approximate surface area is 176 Å². The van der Waals surface area contributed by atoms with Crippen molar-refractivity contribution in [3.05, 3.63) is 39.8 Å². The van der Waals surface area contributed by atoms with Gasteiger partial charge in [-0.1, -0.05) is 6.07 Å².